The molecule has 1 atom stereocenters. The van der Waals surface area contributed by atoms with E-state index in [4.69, 9.17) is 4.74 Å². The molecule has 2 aromatic rings. The lowest BCUT2D eigenvalue weighted by atomic mass is 10.1. The Labute approximate surface area is 187 Å². The van der Waals surface area contributed by atoms with Crippen LogP contribution >= 0.6 is 0 Å². The summed E-state index contributed by atoms with van der Waals surface area (Å²) in [5.41, 5.74) is 0. The Morgan fingerprint density at radius 3 is 2.53 bits per heavy atom. The van der Waals surface area contributed by atoms with Crippen molar-refractivity contribution in [3.05, 3.63) is 42.5 Å². The molecule has 1 heterocycles. The molecule has 9 nitrogen and oxygen atoms in total. The SMILES string of the molecule is CCN(C(=O)COC(=O)CCNS(=O)(=O)c1ccc2ccccc2c1)C1CCS(=O)(=O)C1. The molecule has 0 aliphatic carbocycles. The largest absolute Gasteiger partial charge is 0.456 e. The number of sulfonamides is 1. The van der Waals surface area contributed by atoms with Gasteiger partial charge in [-0.1, -0.05) is 30.3 Å². The topological polar surface area (TPSA) is 127 Å². The number of hydrogen-bond acceptors (Lipinski definition) is 7. The van der Waals surface area contributed by atoms with Crippen LogP contribution in [0.25, 0.3) is 10.8 Å². The van der Waals surface area contributed by atoms with Crippen molar-refractivity contribution in [2.75, 3.05) is 31.2 Å². The molecule has 11 heteroatoms. The van der Waals surface area contributed by atoms with Gasteiger partial charge < -0.3 is 9.64 Å². The molecule has 1 aliphatic heterocycles. The lowest BCUT2D eigenvalue weighted by Gasteiger charge is -2.26. The van der Waals surface area contributed by atoms with Gasteiger partial charge in [0.2, 0.25) is 10.0 Å². The summed E-state index contributed by atoms with van der Waals surface area (Å²) < 4.78 is 55.5. The first kappa shape index (κ1) is 24.1. The summed E-state index contributed by atoms with van der Waals surface area (Å²) in [6, 6.07) is 11.7. The van der Waals surface area contributed by atoms with Crippen LogP contribution in [0.3, 0.4) is 0 Å². The summed E-state index contributed by atoms with van der Waals surface area (Å²) >= 11 is 0. The van der Waals surface area contributed by atoms with Gasteiger partial charge in [0.25, 0.3) is 5.91 Å². The minimum Gasteiger partial charge on any atom is -0.456 e. The van der Waals surface area contributed by atoms with Crippen LogP contribution in [0.5, 0.6) is 0 Å². The molecule has 1 saturated heterocycles. The van der Waals surface area contributed by atoms with Crippen LogP contribution in [-0.2, 0) is 34.2 Å². The Kier molecular flexibility index (Phi) is 7.52. The number of amides is 1. The van der Waals surface area contributed by atoms with E-state index in [2.05, 4.69) is 4.72 Å². The summed E-state index contributed by atoms with van der Waals surface area (Å²) in [5.74, 6) is -1.25. The molecular formula is C21H26N2O7S2. The Morgan fingerprint density at radius 1 is 1.16 bits per heavy atom. The quantitative estimate of drug-likeness (QED) is 0.530. The fourth-order valence-electron chi connectivity index (χ4n) is 3.66. The van der Waals surface area contributed by atoms with Crippen molar-refractivity contribution in [2.45, 2.75) is 30.7 Å². The van der Waals surface area contributed by atoms with Crippen molar-refractivity contribution < 1.29 is 31.2 Å². The van der Waals surface area contributed by atoms with Crippen LogP contribution in [0.15, 0.2) is 47.4 Å². The molecule has 1 fully saturated rings. The van der Waals surface area contributed by atoms with Crippen molar-refractivity contribution in [3.63, 3.8) is 0 Å². The number of carbonyl (C=O) groups is 2. The average Bonchev–Trinajstić information content (AvgIpc) is 3.11. The molecule has 1 unspecified atom stereocenters. The van der Waals surface area contributed by atoms with E-state index in [1.807, 2.05) is 24.3 Å². The van der Waals surface area contributed by atoms with Crippen LogP contribution in [0, 0.1) is 0 Å². The van der Waals surface area contributed by atoms with Crippen LogP contribution in [-0.4, -0.2) is 70.9 Å². The lowest BCUT2D eigenvalue weighted by molar-refractivity contribution is -0.152. The maximum atomic E-state index is 12.5. The summed E-state index contributed by atoms with van der Waals surface area (Å²) in [6.45, 7) is 1.34. The van der Waals surface area contributed by atoms with E-state index in [1.165, 1.54) is 11.0 Å². The molecule has 0 saturated carbocycles. The Bertz CT molecular complexity index is 1210. The van der Waals surface area contributed by atoms with E-state index in [1.54, 1.807) is 19.1 Å². The average molecular weight is 483 g/mol. The zero-order valence-corrected chi connectivity index (χ0v) is 19.3. The van der Waals surface area contributed by atoms with E-state index in [0.29, 0.717) is 13.0 Å². The molecule has 1 amide bonds. The van der Waals surface area contributed by atoms with Crippen molar-refractivity contribution in [2.24, 2.45) is 0 Å². The molecule has 0 aromatic heterocycles. The highest BCUT2D eigenvalue weighted by Gasteiger charge is 2.34. The van der Waals surface area contributed by atoms with Gasteiger partial charge in [0.15, 0.2) is 16.4 Å². The van der Waals surface area contributed by atoms with Crippen molar-refractivity contribution in [3.8, 4) is 0 Å². The highest BCUT2D eigenvalue weighted by Crippen LogP contribution is 2.19. The molecular weight excluding hydrogens is 456 g/mol. The second kappa shape index (κ2) is 9.97. The molecule has 2 aromatic carbocycles. The molecule has 1 N–H and O–H groups in total. The minimum absolute atomic E-state index is 0.0403. The third-order valence-corrected chi connectivity index (χ3v) is 8.53. The monoisotopic (exact) mass is 482 g/mol. The van der Waals surface area contributed by atoms with Crippen LogP contribution in [0.1, 0.15) is 19.8 Å². The summed E-state index contributed by atoms with van der Waals surface area (Å²) in [5, 5.41) is 1.69. The van der Waals surface area contributed by atoms with Gasteiger partial charge in [-0.2, -0.15) is 0 Å². The first-order valence-corrected chi connectivity index (χ1v) is 13.6. The van der Waals surface area contributed by atoms with E-state index < -0.39 is 44.4 Å². The van der Waals surface area contributed by atoms with E-state index in [9.17, 15) is 26.4 Å². The number of carbonyl (C=O) groups excluding carboxylic acids is 2. The van der Waals surface area contributed by atoms with E-state index >= 15 is 0 Å². The highest BCUT2D eigenvalue weighted by molar-refractivity contribution is 7.91. The normalized spacial score (nSPS) is 17.8. The number of likely N-dealkylation sites (N-methyl/N-ethyl adjacent to an activating group) is 1. The number of ether oxygens (including phenoxy) is 1. The number of sulfone groups is 1. The van der Waals surface area contributed by atoms with Crippen molar-refractivity contribution in [1.82, 2.24) is 9.62 Å². The Balaban J connectivity index is 1.47. The molecule has 0 radical (unpaired) electrons. The number of hydrogen-bond donors (Lipinski definition) is 1. The maximum Gasteiger partial charge on any atom is 0.307 e. The van der Waals surface area contributed by atoms with Crippen LogP contribution in [0.4, 0.5) is 0 Å². The van der Waals surface area contributed by atoms with Gasteiger partial charge in [-0.05, 0) is 36.2 Å². The summed E-state index contributed by atoms with van der Waals surface area (Å²) in [4.78, 5) is 25.8. The van der Waals surface area contributed by atoms with Crippen molar-refractivity contribution in [1.29, 1.82) is 0 Å². The number of nitrogens with zero attached hydrogens (tertiary/aromatic N) is 1. The summed E-state index contributed by atoms with van der Waals surface area (Å²) in [7, 11) is -6.95. The molecule has 0 bridgehead atoms. The predicted octanol–water partition coefficient (Wildman–Crippen LogP) is 1.09. The fourth-order valence-corrected chi connectivity index (χ4v) is 6.46. The fraction of sp³-hybridized carbons (Fsp3) is 0.429. The van der Waals surface area contributed by atoms with Gasteiger partial charge in [0, 0.05) is 19.1 Å². The number of rotatable bonds is 9. The van der Waals surface area contributed by atoms with Crippen molar-refractivity contribution >= 4 is 42.5 Å². The number of fused-ring (bicyclic) bond motifs is 1. The first-order valence-electron chi connectivity index (χ1n) is 10.3. The maximum absolute atomic E-state index is 12.5. The smallest absolute Gasteiger partial charge is 0.307 e. The molecule has 174 valence electrons. The second-order valence-corrected chi connectivity index (χ2v) is 11.5. The van der Waals surface area contributed by atoms with Gasteiger partial charge in [-0.25, -0.2) is 21.6 Å². The zero-order valence-electron chi connectivity index (χ0n) is 17.7. The lowest BCUT2D eigenvalue weighted by Crippen LogP contribution is -2.43. The second-order valence-electron chi connectivity index (χ2n) is 7.55. The molecule has 0 spiro atoms. The summed E-state index contributed by atoms with van der Waals surface area (Å²) in [6.07, 6.45) is 0.121. The first-order chi connectivity index (χ1) is 15.1. The minimum atomic E-state index is -3.81. The van der Waals surface area contributed by atoms with E-state index in [0.717, 1.165) is 10.8 Å². The number of nitrogens with one attached hydrogen (secondary N) is 1. The predicted molar refractivity (Wildman–Crippen MR) is 119 cm³/mol. The van der Waals surface area contributed by atoms with Gasteiger partial charge >= 0.3 is 5.97 Å². The third kappa shape index (κ3) is 6.05. The van der Waals surface area contributed by atoms with Crippen LogP contribution < -0.4 is 4.72 Å². The van der Waals surface area contributed by atoms with Gasteiger partial charge in [-0.3, -0.25) is 9.59 Å². The molecule has 32 heavy (non-hydrogen) atoms. The number of benzene rings is 2. The van der Waals surface area contributed by atoms with Gasteiger partial charge in [-0.15, -0.1) is 0 Å². The third-order valence-electron chi connectivity index (χ3n) is 5.32. The number of esters is 1. The Morgan fingerprint density at radius 2 is 1.88 bits per heavy atom. The highest BCUT2D eigenvalue weighted by atomic mass is 32.2. The standard InChI is InChI=1S/C21H26N2O7S2/c1-2-23(18-10-12-31(26,27)15-18)20(24)14-30-21(25)9-11-22-32(28,29)19-8-7-16-5-3-4-6-17(16)13-19/h3-8,13,18,22H,2,9-12,14-15H2,1H3. The Hall–Kier alpha value is -2.50. The van der Waals surface area contributed by atoms with Crippen LogP contribution in [0.2, 0.25) is 0 Å². The molecule has 1 aliphatic rings. The zero-order chi connectivity index (χ0) is 23.4. The molecule has 3 rings (SSSR count). The van der Waals surface area contributed by atoms with Gasteiger partial charge in [0.05, 0.1) is 22.8 Å². The van der Waals surface area contributed by atoms with Gasteiger partial charge in [0.1, 0.15) is 0 Å². The van der Waals surface area contributed by atoms with E-state index in [-0.39, 0.29) is 29.4 Å².